The Morgan fingerprint density at radius 3 is 2.64 bits per heavy atom. The van der Waals surface area contributed by atoms with Crippen LogP contribution < -0.4 is 0 Å². The zero-order valence-corrected chi connectivity index (χ0v) is 7.45. The van der Waals surface area contributed by atoms with Gasteiger partial charge in [0, 0.05) is 11.6 Å². The van der Waals surface area contributed by atoms with Crippen molar-refractivity contribution < 1.29 is 13.9 Å². The number of hydrogen-bond acceptors (Lipinski definition) is 1. The normalized spacial score (nSPS) is 11.6. The summed E-state index contributed by atoms with van der Waals surface area (Å²) in [5, 5.41) is 8.41. The summed E-state index contributed by atoms with van der Waals surface area (Å²) < 4.78 is 25.5. The Bertz CT molecular complexity index is 356. The molecule has 0 aliphatic carbocycles. The van der Waals surface area contributed by atoms with E-state index in [-0.39, 0.29) is 6.61 Å². The van der Waals surface area contributed by atoms with Crippen molar-refractivity contribution in [2.24, 2.45) is 0 Å². The van der Waals surface area contributed by atoms with Crippen molar-refractivity contribution in [1.82, 2.24) is 0 Å². The van der Waals surface area contributed by atoms with E-state index in [2.05, 4.69) is 0 Å². The van der Waals surface area contributed by atoms with Crippen molar-refractivity contribution in [3.8, 4) is 0 Å². The Morgan fingerprint density at radius 2 is 2.00 bits per heavy atom. The van der Waals surface area contributed by atoms with Gasteiger partial charge >= 0.3 is 0 Å². The summed E-state index contributed by atoms with van der Waals surface area (Å²) in [7, 11) is 0. The molecule has 0 aliphatic rings. The molecule has 3 heteroatoms. The Hall–Kier alpha value is -1.48. The predicted molar refractivity (Wildman–Crippen MR) is 51.6 cm³/mol. The van der Waals surface area contributed by atoms with E-state index >= 15 is 0 Å². The van der Waals surface area contributed by atoms with Gasteiger partial charge in [-0.15, -0.1) is 0 Å². The lowest BCUT2D eigenvalue weighted by Gasteiger charge is -1.95. The first-order valence-electron chi connectivity index (χ1n) is 4.13. The van der Waals surface area contributed by atoms with E-state index in [1.165, 1.54) is 24.3 Å². The highest BCUT2D eigenvalue weighted by atomic mass is 19.1. The van der Waals surface area contributed by atoms with Crippen molar-refractivity contribution in [1.29, 1.82) is 0 Å². The van der Waals surface area contributed by atoms with Crippen LogP contribution in [-0.4, -0.2) is 11.7 Å². The van der Waals surface area contributed by atoms with E-state index in [1.54, 1.807) is 12.2 Å². The zero-order chi connectivity index (χ0) is 10.4. The molecule has 0 saturated heterocycles. The number of aliphatic hydroxyl groups is 1. The number of rotatable bonds is 3. The fraction of sp³-hybridized carbons (Fsp3) is 0.0909. The highest BCUT2D eigenvalue weighted by Gasteiger charge is 1.98. The first-order valence-corrected chi connectivity index (χ1v) is 4.13. The lowest BCUT2D eigenvalue weighted by Crippen LogP contribution is -1.83. The highest BCUT2D eigenvalue weighted by Crippen LogP contribution is 2.10. The molecule has 1 nitrogen and oxygen atoms in total. The van der Waals surface area contributed by atoms with Crippen LogP contribution in [0.5, 0.6) is 0 Å². The van der Waals surface area contributed by atoms with Crippen LogP contribution in [0.4, 0.5) is 8.78 Å². The molecular formula is C11H10F2O. The highest BCUT2D eigenvalue weighted by molar-refractivity contribution is 5.51. The lowest BCUT2D eigenvalue weighted by atomic mass is 10.2. The minimum Gasteiger partial charge on any atom is -0.392 e. The van der Waals surface area contributed by atoms with Crippen LogP contribution in [0.3, 0.4) is 0 Å². The summed E-state index contributed by atoms with van der Waals surface area (Å²) >= 11 is 0. The third-order valence-corrected chi connectivity index (χ3v) is 1.59. The van der Waals surface area contributed by atoms with E-state index < -0.39 is 11.6 Å². The Kier molecular flexibility index (Phi) is 4.01. The molecule has 1 N–H and O–H groups in total. The second kappa shape index (κ2) is 5.29. The van der Waals surface area contributed by atoms with E-state index in [0.717, 1.165) is 6.07 Å². The van der Waals surface area contributed by atoms with Gasteiger partial charge in [-0.25, -0.2) is 8.78 Å². The van der Waals surface area contributed by atoms with E-state index in [4.69, 9.17) is 5.11 Å². The van der Waals surface area contributed by atoms with Gasteiger partial charge in [0.05, 0.1) is 6.61 Å². The molecule has 1 rings (SSSR count). The van der Waals surface area contributed by atoms with Gasteiger partial charge in [-0.3, -0.25) is 0 Å². The largest absolute Gasteiger partial charge is 0.392 e. The van der Waals surface area contributed by atoms with E-state index in [0.29, 0.717) is 5.56 Å². The molecule has 0 aromatic heterocycles. The molecular weight excluding hydrogens is 186 g/mol. The van der Waals surface area contributed by atoms with Crippen molar-refractivity contribution in [3.05, 3.63) is 53.6 Å². The van der Waals surface area contributed by atoms with E-state index in [9.17, 15) is 8.78 Å². The number of hydrogen-bond donors (Lipinski definition) is 1. The Labute approximate surface area is 81.0 Å². The first-order chi connectivity index (χ1) is 6.74. The van der Waals surface area contributed by atoms with Crippen LogP contribution >= 0.6 is 0 Å². The molecule has 0 unspecified atom stereocenters. The molecule has 74 valence electrons. The average molecular weight is 196 g/mol. The zero-order valence-electron chi connectivity index (χ0n) is 7.45. The molecule has 0 amide bonds. The summed E-state index contributed by atoms with van der Waals surface area (Å²) in [6, 6.07) is 3.38. The van der Waals surface area contributed by atoms with Crippen molar-refractivity contribution in [3.63, 3.8) is 0 Å². The number of allylic oxidation sites excluding steroid dienone is 2. The summed E-state index contributed by atoms with van der Waals surface area (Å²) in [5.74, 6) is -1.19. The Morgan fingerprint density at radius 1 is 1.21 bits per heavy atom. The molecule has 0 saturated carbocycles. The molecule has 14 heavy (non-hydrogen) atoms. The van der Waals surface area contributed by atoms with Gasteiger partial charge in [0.1, 0.15) is 11.6 Å². The molecule has 0 aliphatic heterocycles. The molecule has 0 atom stereocenters. The SMILES string of the molecule is OC/C=C/C=C/c1ccc(F)cc1F. The lowest BCUT2D eigenvalue weighted by molar-refractivity contribution is 0.343. The third kappa shape index (κ3) is 3.11. The van der Waals surface area contributed by atoms with E-state index in [1.807, 2.05) is 0 Å². The molecule has 0 fully saturated rings. The van der Waals surface area contributed by atoms with Gasteiger partial charge < -0.3 is 5.11 Å². The summed E-state index contributed by atoms with van der Waals surface area (Å²) in [5.41, 5.74) is 0.314. The standard InChI is InChI=1S/C11H10F2O/c12-10-6-5-9(11(13)8-10)4-2-1-3-7-14/h1-6,8,14H,7H2/b3-1+,4-2+. The number of halogens is 2. The fourth-order valence-electron chi connectivity index (χ4n) is 0.935. The van der Waals surface area contributed by atoms with Crippen LogP contribution in [0.25, 0.3) is 6.08 Å². The van der Waals surface area contributed by atoms with Crippen LogP contribution in [-0.2, 0) is 0 Å². The van der Waals surface area contributed by atoms with Crippen LogP contribution in [0.1, 0.15) is 5.56 Å². The van der Waals surface area contributed by atoms with Gasteiger partial charge in [0.25, 0.3) is 0 Å². The molecule has 0 radical (unpaired) electrons. The molecule has 1 aromatic carbocycles. The quantitative estimate of drug-likeness (QED) is 0.736. The first kappa shape index (κ1) is 10.6. The molecule has 0 heterocycles. The maximum absolute atomic E-state index is 13.0. The van der Waals surface area contributed by atoms with Crippen LogP contribution in [0.2, 0.25) is 0 Å². The Balaban J connectivity index is 2.77. The maximum Gasteiger partial charge on any atom is 0.133 e. The number of benzene rings is 1. The fourth-order valence-corrected chi connectivity index (χ4v) is 0.935. The minimum atomic E-state index is -0.598. The van der Waals surface area contributed by atoms with Crippen LogP contribution in [0.15, 0.2) is 36.4 Å². The topological polar surface area (TPSA) is 20.2 Å². The van der Waals surface area contributed by atoms with Crippen molar-refractivity contribution >= 4 is 6.08 Å². The summed E-state index contributed by atoms with van der Waals surface area (Å²) in [4.78, 5) is 0. The molecule has 1 aromatic rings. The summed E-state index contributed by atoms with van der Waals surface area (Å²) in [6.07, 6.45) is 6.17. The third-order valence-electron chi connectivity index (χ3n) is 1.59. The second-order valence-electron chi connectivity index (χ2n) is 2.64. The monoisotopic (exact) mass is 196 g/mol. The van der Waals surface area contributed by atoms with Gasteiger partial charge in [0.2, 0.25) is 0 Å². The maximum atomic E-state index is 13.0. The smallest absolute Gasteiger partial charge is 0.133 e. The number of aliphatic hydroxyl groups excluding tert-OH is 1. The predicted octanol–water partition coefficient (Wildman–Crippen LogP) is 2.53. The molecule has 0 bridgehead atoms. The van der Waals surface area contributed by atoms with Gasteiger partial charge in [0.15, 0.2) is 0 Å². The molecule has 0 spiro atoms. The van der Waals surface area contributed by atoms with Gasteiger partial charge in [-0.1, -0.05) is 24.3 Å². The summed E-state index contributed by atoms with van der Waals surface area (Å²) in [6.45, 7) is -0.0593. The second-order valence-corrected chi connectivity index (χ2v) is 2.64. The minimum absolute atomic E-state index is 0.0593. The van der Waals surface area contributed by atoms with Crippen molar-refractivity contribution in [2.75, 3.05) is 6.61 Å². The van der Waals surface area contributed by atoms with Gasteiger partial charge in [-0.05, 0) is 12.1 Å². The van der Waals surface area contributed by atoms with Gasteiger partial charge in [-0.2, -0.15) is 0 Å². The van der Waals surface area contributed by atoms with Crippen LogP contribution in [0, 0.1) is 11.6 Å². The van der Waals surface area contributed by atoms with Crippen molar-refractivity contribution in [2.45, 2.75) is 0 Å². The average Bonchev–Trinajstić information content (AvgIpc) is 2.15.